The number of aryl methyl sites for hydroxylation is 1. The van der Waals surface area contributed by atoms with Crippen LogP contribution < -0.4 is 5.73 Å². The third-order valence-electron chi connectivity index (χ3n) is 3.81. The average molecular weight is 353 g/mol. The molecule has 0 saturated carbocycles. The lowest BCUT2D eigenvalue weighted by Gasteiger charge is -2.28. The van der Waals surface area contributed by atoms with Crippen molar-refractivity contribution in [2.75, 3.05) is 13.6 Å². The number of rotatable bonds is 5. The molecule has 0 aliphatic rings. The van der Waals surface area contributed by atoms with E-state index in [2.05, 4.69) is 71.4 Å². The van der Waals surface area contributed by atoms with Crippen molar-refractivity contribution < 1.29 is 0 Å². The summed E-state index contributed by atoms with van der Waals surface area (Å²) < 4.78 is 1.18. The number of halogens is 1. The van der Waals surface area contributed by atoms with Gasteiger partial charge in [0.15, 0.2) is 0 Å². The molecular formula is C16H21BrN2S. The summed E-state index contributed by atoms with van der Waals surface area (Å²) in [4.78, 5) is 2.33. The van der Waals surface area contributed by atoms with Crippen LogP contribution in [-0.2, 0) is 6.54 Å². The third kappa shape index (κ3) is 3.50. The normalized spacial score (nSPS) is 12.9. The van der Waals surface area contributed by atoms with Gasteiger partial charge in [0.2, 0.25) is 0 Å². The number of hydrogen-bond acceptors (Lipinski definition) is 3. The van der Waals surface area contributed by atoms with Gasteiger partial charge in [-0.2, -0.15) is 0 Å². The highest BCUT2D eigenvalue weighted by Crippen LogP contribution is 2.27. The summed E-state index contributed by atoms with van der Waals surface area (Å²) in [6.45, 7) is 5.88. The van der Waals surface area contributed by atoms with Gasteiger partial charge in [0.05, 0.1) is 3.79 Å². The molecule has 108 valence electrons. The summed E-state index contributed by atoms with van der Waals surface area (Å²) in [5, 5.41) is 2.19. The molecule has 0 aliphatic heterocycles. The molecule has 0 bridgehead atoms. The minimum atomic E-state index is 0.258. The molecule has 20 heavy (non-hydrogen) atoms. The molecule has 1 aromatic carbocycles. The van der Waals surface area contributed by atoms with E-state index in [-0.39, 0.29) is 6.04 Å². The van der Waals surface area contributed by atoms with Crippen LogP contribution in [0.3, 0.4) is 0 Å². The SMILES string of the molecule is Cc1cccc(C(CN)N(C)Cc2csc(Br)c2)c1C. The van der Waals surface area contributed by atoms with Crippen LogP contribution in [0.4, 0.5) is 0 Å². The van der Waals surface area contributed by atoms with Gasteiger partial charge in [0.25, 0.3) is 0 Å². The molecule has 0 amide bonds. The summed E-state index contributed by atoms with van der Waals surface area (Å²) in [7, 11) is 2.14. The predicted octanol–water partition coefficient (Wildman–Crippen LogP) is 4.26. The van der Waals surface area contributed by atoms with E-state index >= 15 is 0 Å². The van der Waals surface area contributed by atoms with Gasteiger partial charge in [0, 0.05) is 19.1 Å². The summed E-state index contributed by atoms with van der Waals surface area (Å²) in [6.07, 6.45) is 0. The molecule has 1 unspecified atom stereocenters. The Hall–Kier alpha value is -0.680. The Kier molecular flexibility index (Phi) is 5.38. The number of benzene rings is 1. The van der Waals surface area contributed by atoms with Gasteiger partial charge in [-0.3, -0.25) is 4.90 Å². The lowest BCUT2D eigenvalue weighted by Crippen LogP contribution is -2.30. The van der Waals surface area contributed by atoms with Crippen LogP contribution in [0.1, 0.15) is 28.3 Å². The Bertz CT molecular complexity index is 580. The first-order valence-electron chi connectivity index (χ1n) is 6.72. The van der Waals surface area contributed by atoms with Crippen LogP contribution >= 0.6 is 27.3 Å². The molecule has 1 atom stereocenters. The number of thiophene rings is 1. The van der Waals surface area contributed by atoms with Crippen molar-refractivity contribution in [1.82, 2.24) is 4.90 Å². The zero-order valence-electron chi connectivity index (χ0n) is 12.2. The van der Waals surface area contributed by atoms with Crippen molar-refractivity contribution in [2.24, 2.45) is 5.73 Å². The maximum Gasteiger partial charge on any atom is 0.0701 e. The van der Waals surface area contributed by atoms with Crippen LogP contribution in [0, 0.1) is 13.8 Å². The standard InChI is InChI=1S/C16H21BrN2S/c1-11-5-4-6-14(12(11)2)15(8-18)19(3)9-13-7-16(17)20-10-13/h4-7,10,15H,8-9,18H2,1-3H3. The Balaban J connectivity index is 2.20. The van der Waals surface area contributed by atoms with E-state index < -0.39 is 0 Å². The summed E-state index contributed by atoms with van der Waals surface area (Å²) >= 11 is 5.24. The molecule has 4 heteroatoms. The van der Waals surface area contributed by atoms with Crippen LogP contribution in [-0.4, -0.2) is 18.5 Å². The smallest absolute Gasteiger partial charge is 0.0701 e. The van der Waals surface area contributed by atoms with E-state index in [0.29, 0.717) is 6.54 Å². The molecule has 0 saturated heterocycles. The maximum absolute atomic E-state index is 6.04. The molecule has 2 rings (SSSR count). The molecule has 0 spiro atoms. The van der Waals surface area contributed by atoms with Crippen LogP contribution in [0.2, 0.25) is 0 Å². The lowest BCUT2D eigenvalue weighted by atomic mass is 9.96. The summed E-state index contributed by atoms with van der Waals surface area (Å²) in [5.74, 6) is 0. The Labute approximate surface area is 133 Å². The maximum atomic E-state index is 6.04. The number of hydrogen-bond donors (Lipinski definition) is 1. The second kappa shape index (κ2) is 6.85. The molecule has 1 aromatic heterocycles. The van der Waals surface area contributed by atoms with Crippen molar-refractivity contribution in [2.45, 2.75) is 26.4 Å². The fourth-order valence-electron chi connectivity index (χ4n) is 2.51. The molecular weight excluding hydrogens is 332 g/mol. The van der Waals surface area contributed by atoms with Gasteiger partial charge < -0.3 is 5.73 Å². The fraction of sp³-hybridized carbons (Fsp3) is 0.375. The lowest BCUT2D eigenvalue weighted by molar-refractivity contribution is 0.241. The van der Waals surface area contributed by atoms with E-state index in [1.807, 2.05) is 0 Å². The Morgan fingerprint density at radius 1 is 1.35 bits per heavy atom. The largest absolute Gasteiger partial charge is 0.329 e. The topological polar surface area (TPSA) is 29.3 Å². The first-order chi connectivity index (χ1) is 9.52. The Morgan fingerprint density at radius 2 is 2.10 bits per heavy atom. The summed E-state index contributed by atoms with van der Waals surface area (Å²) in [6, 6.07) is 8.91. The van der Waals surface area contributed by atoms with Crippen LogP contribution in [0.5, 0.6) is 0 Å². The second-order valence-corrected chi connectivity index (χ2v) is 7.51. The van der Waals surface area contributed by atoms with Crippen molar-refractivity contribution in [3.63, 3.8) is 0 Å². The average Bonchev–Trinajstić information content (AvgIpc) is 2.81. The molecule has 1 heterocycles. The Morgan fingerprint density at radius 3 is 2.70 bits per heavy atom. The van der Waals surface area contributed by atoms with E-state index in [1.165, 1.54) is 26.0 Å². The van der Waals surface area contributed by atoms with Gasteiger partial charge in [-0.25, -0.2) is 0 Å². The number of nitrogens with zero attached hydrogens (tertiary/aromatic N) is 1. The molecule has 0 radical (unpaired) electrons. The van der Waals surface area contributed by atoms with Crippen molar-refractivity contribution in [1.29, 1.82) is 0 Å². The van der Waals surface area contributed by atoms with Gasteiger partial charge >= 0.3 is 0 Å². The first kappa shape index (κ1) is 15.7. The molecule has 2 N–H and O–H groups in total. The van der Waals surface area contributed by atoms with Crippen molar-refractivity contribution in [3.8, 4) is 0 Å². The van der Waals surface area contributed by atoms with Crippen molar-refractivity contribution in [3.05, 3.63) is 55.7 Å². The number of likely N-dealkylation sites (N-methyl/N-ethyl adjacent to an activating group) is 1. The van der Waals surface area contributed by atoms with Gasteiger partial charge in [-0.15, -0.1) is 11.3 Å². The molecule has 2 aromatic rings. The van der Waals surface area contributed by atoms with Gasteiger partial charge in [0.1, 0.15) is 0 Å². The summed E-state index contributed by atoms with van der Waals surface area (Å²) in [5.41, 5.74) is 11.4. The van der Waals surface area contributed by atoms with E-state index in [0.717, 1.165) is 6.54 Å². The minimum Gasteiger partial charge on any atom is -0.329 e. The van der Waals surface area contributed by atoms with E-state index in [1.54, 1.807) is 11.3 Å². The zero-order valence-corrected chi connectivity index (χ0v) is 14.6. The zero-order chi connectivity index (χ0) is 14.7. The second-order valence-electron chi connectivity index (χ2n) is 5.21. The van der Waals surface area contributed by atoms with E-state index in [4.69, 9.17) is 5.73 Å². The van der Waals surface area contributed by atoms with E-state index in [9.17, 15) is 0 Å². The highest BCUT2D eigenvalue weighted by Gasteiger charge is 2.18. The fourth-order valence-corrected chi connectivity index (χ4v) is 3.71. The first-order valence-corrected chi connectivity index (χ1v) is 8.39. The van der Waals surface area contributed by atoms with Gasteiger partial charge in [-0.05, 0) is 70.5 Å². The van der Waals surface area contributed by atoms with Crippen LogP contribution in [0.15, 0.2) is 33.4 Å². The molecule has 0 aliphatic carbocycles. The predicted molar refractivity (Wildman–Crippen MR) is 91.2 cm³/mol. The highest BCUT2D eigenvalue weighted by atomic mass is 79.9. The monoisotopic (exact) mass is 352 g/mol. The van der Waals surface area contributed by atoms with Crippen molar-refractivity contribution >= 4 is 27.3 Å². The van der Waals surface area contributed by atoms with Crippen LogP contribution in [0.25, 0.3) is 0 Å². The highest BCUT2D eigenvalue weighted by molar-refractivity contribution is 9.11. The third-order valence-corrected chi connectivity index (χ3v) is 5.37. The van der Waals surface area contributed by atoms with Gasteiger partial charge in [-0.1, -0.05) is 18.2 Å². The molecule has 0 fully saturated rings. The molecule has 2 nitrogen and oxygen atoms in total. The number of nitrogens with two attached hydrogens (primary N) is 1. The quantitative estimate of drug-likeness (QED) is 0.870. The minimum absolute atomic E-state index is 0.258.